The first-order valence-corrected chi connectivity index (χ1v) is 7.60. The van der Waals surface area contributed by atoms with Crippen LogP contribution in [-0.4, -0.2) is 17.0 Å². The lowest BCUT2D eigenvalue weighted by Gasteiger charge is -2.07. The van der Waals surface area contributed by atoms with Gasteiger partial charge in [0.25, 0.3) is 5.91 Å². The van der Waals surface area contributed by atoms with Crippen LogP contribution in [0.2, 0.25) is 5.02 Å². The van der Waals surface area contributed by atoms with Crippen LogP contribution in [0.1, 0.15) is 16.1 Å². The lowest BCUT2D eigenvalue weighted by Crippen LogP contribution is -2.27. The first-order chi connectivity index (χ1) is 10.6. The van der Waals surface area contributed by atoms with E-state index in [0.717, 1.165) is 27.9 Å². The number of nitrogens with one attached hydrogen (secondary N) is 1. The summed E-state index contributed by atoms with van der Waals surface area (Å²) in [4.78, 5) is 12.3. The molecule has 3 nitrogen and oxygen atoms in total. The minimum absolute atomic E-state index is 0.0549. The van der Waals surface area contributed by atoms with E-state index in [4.69, 9.17) is 11.6 Å². The van der Waals surface area contributed by atoms with Gasteiger partial charge in [-0.25, -0.2) is 0 Å². The van der Waals surface area contributed by atoms with Crippen LogP contribution in [0, 0.1) is 0 Å². The van der Waals surface area contributed by atoms with Crippen LogP contribution >= 0.6 is 11.6 Å². The monoisotopic (exact) mass is 312 g/mol. The Hall–Kier alpha value is -2.26. The predicted octanol–water partition coefficient (Wildman–Crippen LogP) is 3.80. The molecule has 0 fully saturated rings. The van der Waals surface area contributed by atoms with Crippen molar-refractivity contribution in [3.63, 3.8) is 0 Å². The number of rotatable bonds is 4. The number of amides is 1. The molecule has 0 aliphatic heterocycles. The molecular formula is C18H17ClN2O. The van der Waals surface area contributed by atoms with Crippen molar-refractivity contribution >= 4 is 28.4 Å². The molecule has 0 unspecified atom stereocenters. The van der Waals surface area contributed by atoms with E-state index in [0.29, 0.717) is 12.2 Å². The van der Waals surface area contributed by atoms with Gasteiger partial charge in [0.15, 0.2) is 0 Å². The highest BCUT2D eigenvalue weighted by molar-refractivity contribution is 6.30. The molecule has 1 N–H and O–H groups in total. The number of aromatic nitrogens is 1. The highest BCUT2D eigenvalue weighted by Gasteiger charge is 2.12. The van der Waals surface area contributed by atoms with Crippen LogP contribution in [0.25, 0.3) is 10.9 Å². The second-order valence-electron chi connectivity index (χ2n) is 5.28. The van der Waals surface area contributed by atoms with Crippen LogP contribution in [-0.2, 0) is 13.5 Å². The van der Waals surface area contributed by atoms with Gasteiger partial charge in [0.05, 0.1) is 0 Å². The SMILES string of the molecule is Cn1c(C(=O)NCCc2cccc(Cl)c2)cc2ccccc21. The van der Waals surface area contributed by atoms with Gasteiger partial charge < -0.3 is 9.88 Å². The van der Waals surface area contributed by atoms with E-state index in [1.165, 1.54) is 0 Å². The molecule has 22 heavy (non-hydrogen) atoms. The summed E-state index contributed by atoms with van der Waals surface area (Å²) in [5.41, 5.74) is 2.85. The van der Waals surface area contributed by atoms with E-state index in [2.05, 4.69) is 5.32 Å². The van der Waals surface area contributed by atoms with Gasteiger partial charge in [-0.3, -0.25) is 4.79 Å². The van der Waals surface area contributed by atoms with E-state index >= 15 is 0 Å². The van der Waals surface area contributed by atoms with Crippen LogP contribution in [0.15, 0.2) is 54.6 Å². The van der Waals surface area contributed by atoms with Gasteiger partial charge in [-0.05, 0) is 36.2 Å². The molecule has 2 aromatic carbocycles. The van der Waals surface area contributed by atoms with Crippen molar-refractivity contribution in [3.8, 4) is 0 Å². The van der Waals surface area contributed by atoms with Crippen molar-refractivity contribution in [3.05, 3.63) is 70.9 Å². The minimum atomic E-state index is -0.0549. The largest absolute Gasteiger partial charge is 0.350 e. The summed E-state index contributed by atoms with van der Waals surface area (Å²) >= 11 is 5.96. The fourth-order valence-electron chi connectivity index (χ4n) is 2.61. The van der Waals surface area contributed by atoms with Gasteiger partial charge in [0.2, 0.25) is 0 Å². The van der Waals surface area contributed by atoms with Gasteiger partial charge in [0.1, 0.15) is 5.69 Å². The topological polar surface area (TPSA) is 34.0 Å². The van der Waals surface area contributed by atoms with Crippen molar-refractivity contribution in [2.75, 3.05) is 6.54 Å². The summed E-state index contributed by atoms with van der Waals surface area (Å²) in [5.74, 6) is -0.0549. The molecular weight excluding hydrogens is 296 g/mol. The highest BCUT2D eigenvalue weighted by atomic mass is 35.5. The van der Waals surface area contributed by atoms with Crippen LogP contribution < -0.4 is 5.32 Å². The van der Waals surface area contributed by atoms with Crippen molar-refractivity contribution in [1.82, 2.24) is 9.88 Å². The van der Waals surface area contributed by atoms with Gasteiger partial charge in [-0.2, -0.15) is 0 Å². The lowest BCUT2D eigenvalue weighted by atomic mass is 10.1. The number of hydrogen-bond acceptors (Lipinski definition) is 1. The minimum Gasteiger partial charge on any atom is -0.350 e. The van der Waals surface area contributed by atoms with E-state index in [1.807, 2.05) is 66.2 Å². The molecule has 0 saturated carbocycles. The molecule has 3 rings (SSSR count). The van der Waals surface area contributed by atoms with Crippen molar-refractivity contribution < 1.29 is 4.79 Å². The lowest BCUT2D eigenvalue weighted by molar-refractivity contribution is 0.0946. The normalized spacial score (nSPS) is 10.8. The van der Waals surface area contributed by atoms with Crippen molar-refractivity contribution in [2.24, 2.45) is 7.05 Å². The first kappa shape index (κ1) is 14.7. The average Bonchev–Trinajstić information content (AvgIpc) is 2.85. The molecule has 112 valence electrons. The number of halogens is 1. The smallest absolute Gasteiger partial charge is 0.267 e. The Labute approximate surface area is 134 Å². The molecule has 0 spiro atoms. The summed E-state index contributed by atoms with van der Waals surface area (Å²) in [5, 5.41) is 4.76. The molecule has 1 heterocycles. The molecule has 0 atom stereocenters. The number of carbonyl (C=O) groups is 1. The zero-order valence-electron chi connectivity index (χ0n) is 12.3. The van der Waals surface area contributed by atoms with Crippen molar-refractivity contribution in [1.29, 1.82) is 0 Å². The molecule has 3 aromatic rings. The number of benzene rings is 2. The van der Waals surface area contributed by atoms with Crippen LogP contribution in [0.4, 0.5) is 0 Å². The third kappa shape index (κ3) is 3.00. The van der Waals surface area contributed by atoms with Gasteiger partial charge in [-0.1, -0.05) is 41.9 Å². The first-order valence-electron chi connectivity index (χ1n) is 7.22. The molecule has 1 aromatic heterocycles. The summed E-state index contributed by atoms with van der Waals surface area (Å²) in [6.07, 6.45) is 0.760. The van der Waals surface area contributed by atoms with Gasteiger partial charge in [-0.15, -0.1) is 0 Å². The zero-order valence-corrected chi connectivity index (χ0v) is 13.1. The van der Waals surface area contributed by atoms with E-state index in [9.17, 15) is 4.79 Å². The standard InChI is InChI=1S/C18H17ClN2O/c1-21-16-8-3-2-6-14(16)12-17(21)18(22)20-10-9-13-5-4-7-15(19)11-13/h2-8,11-12H,9-10H2,1H3,(H,20,22). The van der Waals surface area contributed by atoms with E-state index < -0.39 is 0 Å². The summed E-state index contributed by atoms with van der Waals surface area (Å²) in [7, 11) is 1.91. The Morgan fingerprint density at radius 2 is 1.95 bits per heavy atom. The van der Waals surface area contributed by atoms with Crippen LogP contribution in [0.3, 0.4) is 0 Å². The molecule has 0 aliphatic carbocycles. The number of carbonyl (C=O) groups excluding carboxylic acids is 1. The second-order valence-corrected chi connectivity index (χ2v) is 5.72. The van der Waals surface area contributed by atoms with Gasteiger partial charge >= 0.3 is 0 Å². The number of aryl methyl sites for hydroxylation is 1. The quantitative estimate of drug-likeness (QED) is 0.781. The summed E-state index contributed by atoms with van der Waals surface area (Å²) in [6, 6.07) is 17.6. The fourth-order valence-corrected chi connectivity index (χ4v) is 2.82. The zero-order chi connectivity index (χ0) is 15.5. The maximum atomic E-state index is 12.3. The molecule has 1 amide bonds. The maximum Gasteiger partial charge on any atom is 0.267 e. The molecule has 0 bridgehead atoms. The Bertz CT molecular complexity index is 823. The number of para-hydroxylation sites is 1. The molecule has 0 aliphatic rings. The predicted molar refractivity (Wildman–Crippen MR) is 90.4 cm³/mol. The fraction of sp³-hybridized carbons (Fsp3) is 0.167. The Morgan fingerprint density at radius 3 is 2.73 bits per heavy atom. The van der Waals surface area contributed by atoms with E-state index in [1.54, 1.807) is 0 Å². The Balaban J connectivity index is 1.67. The Morgan fingerprint density at radius 1 is 1.14 bits per heavy atom. The Kier molecular flexibility index (Phi) is 4.16. The van der Waals surface area contributed by atoms with Crippen molar-refractivity contribution in [2.45, 2.75) is 6.42 Å². The third-order valence-electron chi connectivity index (χ3n) is 3.77. The second kappa shape index (κ2) is 6.24. The third-order valence-corrected chi connectivity index (χ3v) is 4.01. The summed E-state index contributed by atoms with van der Waals surface area (Å²) in [6.45, 7) is 0.584. The number of fused-ring (bicyclic) bond motifs is 1. The van der Waals surface area contributed by atoms with Crippen LogP contribution in [0.5, 0.6) is 0 Å². The van der Waals surface area contributed by atoms with Gasteiger partial charge in [0, 0.05) is 29.5 Å². The number of nitrogens with zero attached hydrogens (tertiary/aromatic N) is 1. The highest BCUT2D eigenvalue weighted by Crippen LogP contribution is 2.18. The summed E-state index contributed by atoms with van der Waals surface area (Å²) < 4.78 is 1.92. The maximum absolute atomic E-state index is 12.3. The molecule has 0 radical (unpaired) electrons. The molecule has 0 saturated heterocycles. The average molecular weight is 313 g/mol. The number of hydrogen-bond donors (Lipinski definition) is 1. The van der Waals surface area contributed by atoms with E-state index in [-0.39, 0.29) is 5.91 Å². The molecule has 4 heteroatoms.